The third-order valence-corrected chi connectivity index (χ3v) is 7.85. The van der Waals surface area contributed by atoms with Gasteiger partial charge >= 0.3 is 0 Å². The van der Waals surface area contributed by atoms with E-state index in [1.165, 1.54) is 23.5 Å². The first-order chi connectivity index (χ1) is 13.3. The number of ether oxygens (including phenoxy) is 1. The molecule has 3 rings (SSSR count). The molecule has 9 heteroatoms. The number of benzene rings is 2. The molecule has 28 heavy (non-hydrogen) atoms. The van der Waals surface area contributed by atoms with E-state index >= 15 is 0 Å². The molecule has 0 bridgehead atoms. The zero-order chi connectivity index (χ0) is 20.3. The first-order valence-corrected chi connectivity index (χ1v) is 11.3. The lowest BCUT2D eigenvalue weighted by Gasteiger charge is -2.30. The smallest absolute Gasteiger partial charge is 0.243 e. The fraction of sp³-hybridized carbons (Fsp3) is 0.316. The highest BCUT2D eigenvalue weighted by atomic mass is 79.9. The van der Waals surface area contributed by atoms with Gasteiger partial charge in [-0.15, -0.1) is 0 Å². The van der Waals surface area contributed by atoms with E-state index in [2.05, 4.69) is 21.2 Å². The zero-order valence-corrected chi connectivity index (χ0v) is 18.4. The Morgan fingerprint density at radius 1 is 1.18 bits per heavy atom. The summed E-state index contributed by atoms with van der Waals surface area (Å²) >= 11 is 9.36. The summed E-state index contributed by atoms with van der Waals surface area (Å²) in [5.41, 5.74) is 0.617. The Hall–Kier alpha value is -1.61. The first-order valence-electron chi connectivity index (χ1n) is 8.71. The molecule has 2 aromatic rings. The highest BCUT2D eigenvalue weighted by molar-refractivity contribution is 9.10. The number of carbonyl (C=O) groups is 1. The van der Waals surface area contributed by atoms with E-state index in [-0.39, 0.29) is 16.7 Å². The normalized spacial score (nSPS) is 16.0. The van der Waals surface area contributed by atoms with Crippen LogP contribution < -0.4 is 10.1 Å². The molecule has 1 saturated heterocycles. The zero-order valence-electron chi connectivity index (χ0n) is 15.2. The maximum absolute atomic E-state index is 12.8. The summed E-state index contributed by atoms with van der Waals surface area (Å²) in [5.74, 6) is 0.229. The molecule has 1 amide bonds. The molecule has 0 spiro atoms. The number of hydrogen-bond donors (Lipinski definition) is 1. The van der Waals surface area contributed by atoms with Gasteiger partial charge in [0.2, 0.25) is 15.9 Å². The molecule has 1 N–H and O–H groups in total. The van der Waals surface area contributed by atoms with Crippen LogP contribution in [0.15, 0.2) is 51.8 Å². The second-order valence-electron chi connectivity index (χ2n) is 6.47. The molecular weight excluding hydrogens is 468 g/mol. The molecule has 1 aliphatic heterocycles. The number of anilines is 1. The number of piperidine rings is 1. The van der Waals surface area contributed by atoms with Gasteiger partial charge in [0.1, 0.15) is 5.75 Å². The van der Waals surface area contributed by atoms with Gasteiger partial charge in [-0.25, -0.2) is 8.42 Å². The number of carbonyl (C=O) groups excluding carboxylic acids is 1. The third kappa shape index (κ3) is 4.68. The summed E-state index contributed by atoms with van der Waals surface area (Å²) in [6.45, 7) is 0.598. The molecule has 0 aliphatic carbocycles. The Bertz CT molecular complexity index is 958. The van der Waals surface area contributed by atoms with Crippen molar-refractivity contribution in [1.29, 1.82) is 0 Å². The van der Waals surface area contributed by atoms with Crippen molar-refractivity contribution in [2.24, 2.45) is 5.92 Å². The number of sulfonamides is 1. The lowest BCUT2D eigenvalue weighted by Crippen LogP contribution is -2.41. The van der Waals surface area contributed by atoms with Crippen LogP contribution in [0.5, 0.6) is 5.75 Å². The minimum absolute atomic E-state index is 0.125. The molecular formula is C19H20BrClN2O4S. The molecule has 2 aromatic carbocycles. The number of nitrogens with zero attached hydrogens (tertiary/aromatic N) is 1. The number of hydrogen-bond acceptors (Lipinski definition) is 4. The minimum Gasteiger partial charge on any atom is -0.497 e. The van der Waals surface area contributed by atoms with E-state index < -0.39 is 10.0 Å². The van der Waals surface area contributed by atoms with Crippen LogP contribution in [0.25, 0.3) is 0 Å². The number of rotatable bonds is 5. The standard InChI is InChI=1S/C19H20BrClN2O4S/c1-27-15-3-5-16(6-4-15)28(25,26)23-10-8-13(9-11-23)19(24)22-14-2-7-17(20)18(21)12-14/h2-7,12-13H,8-11H2,1H3,(H,22,24). The van der Waals surface area contributed by atoms with E-state index in [0.29, 0.717) is 42.4 Å². The molecule has 0 radical (unpaired) electrons. The van der Waals surface area contributed by atoms with Crippen molar-refractivity contribution in [3.05, 3.63) is 52.0 Å². The van der Waals surface area contributed by atoms with Crippen molar-refractivity contribution >= 4 is 49.1 Å². The van der Waals surface area contributed by atoms with Crippen molar-refractivity contribution in [1.82, 2.24) is 4.31 Å². The average molecular weight is 488 g/mol. The van der Waals surface area contributed by atoms with Gasteiger partial charge in [0.25, 0.3) is 0 Å². The van der Waals surface area contributed by atoms with Crippen LogP contribution in [0.3, 0.4) is 0 Å². The number of methoxy groups -OCH3 is 1. The molecule has 1 heterocycles. The number of nitrogens with one attached hydrogen (secondary N) is 1. The van der Waals surface area contributed by atoms with Crippen molar-refractivity contribution in [2.75, 3.05) is 25.5 Å². The molecule has 0 aromatic heterocycles. The third-order valence-electron chi connectivity index (χ3n) is 4.71. The molecule has 0 saturated carbocycles. The summed E-state index contributed by atoms with van der Waals surface area (Å²) in [6, 6.07) is 11.5. The van der Waals surface area contributed by atoms with Crippen LogP contribution in [0.4, 0.5) is 5.69 Å². The van der Waals surface area contributed by atoms with Crippen molar-refractivity contribution in [2.45, 2.75) is 17.7 Å². The Balaban J connectivity index is 1.61. The lowest BCUT2D eigenvalue weighted by molar-refractivity contribution is -0.120. The summed E-state index contributed by atoms with van der Waals surface area (Å²) in [5, 5.41) is 3.36. The van der Waals surface area contributed by atoms with E-state index in [0.717, 1.165) is 4.47 Å². The summed E-state index contributed by atoms with van der Waals surface area (Å²) in [4.78, 5) is 12.7. The van der Waals surface area contributed by atoms with Gasteiger partial charge in [-0.2, -0.15) is 4.31 Å². The van der Waals surface area contributed by atoms with Gasteiger partial charge in [-0.1, -0.05) is 11.6 Å². The van der Waals surface area contributed by atoms with Gasteiger partial charge in [-0.05, 0) is 71.2 Å². The summed E-state index contributed by atoms with van der Waals surface area (Å²) < 4.78 is 32.8. The summed E-state index contributed by atoms with van der Waals surface area (Å²) in [7, 11) is -2.05. The molecule has 6 nitrogen and oxygen atoms in total. The van der Waals surface area contributed by atoms with Crippen LogP contribution in [-0.4, -0.2) is 38.8 Å². The molecule has 0 atom stereocenters. The van der Waals surface area contributed by atoms with Gasteiger partial charge in [0, 0.05) is 29.2 Å². The summed E-state index contributed by atoms with van der Waals surface area (Å²) in [6.07, 6.45) is 0.928. The predicted molar refractivity (Wildman–Crippen MR) is 112 cm³/mol. The van der Waals surface area contributed by atoms with E-state index in [1.807, 2.05) is 0 Å². The fourth-order valence-corrected chi connectivity index (χ4v) is 4.97. The fourth-order valence-electron chi connectivity index (χ4n) is 3.07. The van der Waals surface area contributed by atoms with Crippen molar-refractivity contribution in [3.63, 3.8) is 0 Å². The Labute approximate surface area is 178 Å². The second-order valence-corrected chi connectivity index (χ2v) is 9.67. The van der Waals surface area contributed by atoms with E-state index in [1.54, 1.807) is 30.3 Å². The van der Waals surface area contributed by atoms with Crippen LogP contribution in [0.1, 0.15) is 12.8 Å². The lowest BCUT2D eigenvalue weighted by atomic mass is 9.97. The van der Waals surface area contributed by atoms with E-state index in [4.69, 9.17) is 16.3 Å². The van der Waals surface area contributed by atoms with Crippen LogP contribution in [0, 0.1) is 5.92 Å². The highest BCUT2D eigenvalue weighted by Crippen LogP contribution is 2.28. The maximum atomic E-state index is 12.8. The van der Waals surface area contributed by atoms with Gasteiger partial charge in [0.05, 0.1) is 17.0 Å². The minimum atomic E-state index is -3.58. The molecule has 1 aliphatic rings. The predicted octanol–water partition coefficient (Wildman–Crippen LogP) is 4.15. The molecule has 0 unspecified atom stereocenters. The van der Waals surface area contributed by atoms with Crippen molar-refractivity contribution in [3.8, 4) is 5.75 Å². The number of amides is 1. The first kappa shape index (κ1) is 21.1. The van der Waals surface area contributed by atoms with Crippen LogP contribution >= 0.6 is 27.5 Å². The number of halogens is 2. The largest absolute Gasteiger partial charge is 0.497 e. The SMILES string of the molecule is COc1ccc(S(=O)(=O)N2CCC(C(=O)Nc3ccc(Br)c(Cl)c3)CC2)cc1. The Kier molecular flexibility index (Phi) is 6.65. The van der Waals surface area contributed by atoms with E-state index in [9.17, 15) is 13.2 Å². The van der Waals surface area contributed by atoms with Crippen LogP contribution in [-0.2, 0) is 14.8 Å². The molecule has 150 valence electrons. The van der Waals surface area contributed by atoms with Gasteiger partial charge < -0.3 is 10.1 Å². The maximum Gasteiger partial charge on any atom is 0.243 e. The monoisotopic (exact) mass is 486 g/mol. The van der Waals surface area contributed by atoms with Crippen LogP contribution in [0.2, 0.25) is 5.02 Å². The van der Waals surface area contributed by atoms with Gasteiger partial charge in [-0.3, -0.25) is 4.79 Å². The average Bonchev–Trinajstić information content (AvgIpc) is 2.71. The Morgan fingerprint density at radius 2 is 1.82 bits per heavy atom. The topological polar surface area (TPSA) is 75.7 Å². The highest BCUT2D eigenvalue weighted by Gasteiger charge is 2.32. The van der Waals surface area contributed by atoms with Crippen molar-refractivity contribution < 1.29 is 17.9 Å². The Morgan fingerprint density at radius 3 is 2.39 bits per heavy atom. The quantitative estimate of drug-likeness (QED) is 0.687. The second kappa shape index (κ2) is 8.82. The molecule has 1 fully saturated rings. The van der Waals surface area contributed by atoms with Gasteiger partial charge in [0.15, 0.2) is 0 Å².